The summed E-state index contributed by atoms with van der Waals surface area (Å²) in [7, 11) is 0. The van der Waals surface area contributed by atoms with Crippen LogP contribution in [0.5, 0.6) is 0 Å². The first kappa shape index (κ1) is 13.0. The molecule has 1 rings (SSSR count). The van der Waals surface area contributed by atoms with Crippen molar-refractivity contribution in [3.05, 3.63) is 0 Å². The molecule has 0 heterocycles. The summed E-state index contributed by atoms with van der Waals surface area (Å²) in [4.78, 5) is 22.7. The molecule has 0 bridgehead atoms. The van der Waals surface area contributed by atoms with Gasteiger partial charge in [0.25, 0.3) is 0 Å². The van der Waals surface area contributed by atoms with Crippen molar-refractivity contribution in [3.8, 4) is 0 Å². The number of rotatable bonds is 5. The molecule has 4 nitrogen and oxygen atoms in total. The van der Waals surface area contributed by atoms with E-state index in [0.29, 0.717) is 0 Å². The first-order valence-corrected chi connectivity index (χ1v) is 5.97. The van der Waals surface area contributed by atoms with Crippen LogP contribution in [0.25, 0.3) is 0 Å². The molecule has 1 amide bonds. The number of carboxylic acid groups (broad SMARTS) is 1. The molecule has 92 valence electrons. The number of hydrogen-bond acceptors (Lipinski definition) is 2. The van der Waals surface area contributed by atoms with Gasteiger partial charge in [-0.05, 0) is 25.7 Å². The fourth-order valence-electron chi connectivity index (χ4n) is 1.99. The van der Waals surface area contributed by atoms with Gasteiger partial charge in [0.1, 0.15) is 0 Å². The van der Waals surface area contributed by atoms with Gasteiger partial charge in [0, 0.05) is 11.5 Å². The van der Waals surface area contributed by atoms with Crippen LogP contribution in [-0.2, 0) is 9.59 Å². The molecule has 1 fully saturated rings. The second kappa shape index (κ2) is 4.85. The summed E-state index contributed by atoms with van der Waals surface area (Å²) in [6.07, 6.45) is 4.11. The molecule has 1 aliphatic carbocycles. The third-order valence-corrected chi connectivity index (χ3v) is 3.93. The van der Waals surface area contributed by atoms with Crippen molar-refractivity contribution in [2.24, 2.45) is 11.8 Å². The molecule has 4 heteroatoms. The fourth-order valence-corrected chi connectivity index (χ4v) is 1.99. The minimum Gasteiger partial charge on any atom is -0.481 e. The highest BCUT2D eigenvalue weighted by Crippen LogP contribution is 2.35. The molecular formula is C12H21NO3. The second-order valence-electron chi connectivity index (χ2n) is 4.89. The fraction of sp³-hybridized carbons (Fsp3) is 0.833. The van der Waals surface area contributed by atoms with Crippen LogP contribution in [0.2, 0.25) is 0 Å². The molecule has 0 saturated heterocycles. The smallest absolute Gasteiger partial charge is 0.307 e. The number of carbonyl (C=O) groups excluding carboxylic acids is 1. The summed E-state index contributed by atoms with van der Waals surface area (Å²) in [6.45, 7) is 5.31. The van der Waals surface area contributed by atoms with Gasteiger partial charge < -0.3 is 10.4 Å². The van der Waals surface area contributed by atoms with Gasteiger partial charge in [-0.1, -0.05) is 20.8 Å². The van der Waals surface area contributed by atoms with Crippen LogP contribution < -0.4 is 5.32 Å². The predicted molar refractivity (Wildman–Crippen MR) is 61.0 cm³/mol. The Balaban J connectivity index is 2.54. The lowest BCUT2D eigenvalue weighted by molar-refractivity contribution is -0.146. The Morgan fingerprint density at radius 2 is 1.88 bits per heavy atom. The zero-order valence-electron chi connectivity index (χ0n) is 10.2. The molecule has 0 aliphatic heterocycles. The lowest BCUT2D eigenvalue weighted by atomic mass is 9.74. The topological polar surface area (TPSA) is 66.4 Å². The summed E-state index contributed by atoms with van der Waals surface area (Å²) in [5.41, 5.74) is -0.0520. The lowest BCUT2D eigenvalue weighted by Gasteiger charge is -2.42. The molecule has 1 saturated carbocycles. The molecule has 0 aromatic rings. The number of hydrogen-bond donors (Lipinski definition) is 2. The van der Waals surface area contributed by atoms with E-state index < -0.39 is 17.8 Å². The van der Waals surface area contributed by atoms with Crippen LogP contribution in [0.15, 0.2) is 0 Å². The monoisotopic (exact) mass is 227 g/mol. The highest BCUT2D eigenvalue weighted by molar-refractivity contribution is 5.84. The summed E-state index contributed by atoms with van der Waals surface area (Å²) in [5.74, 6) is -2.14. The average Bonchev–Trinajstić information content (AvgIpc) is 2.20. The van der Waals surface area contributed by atoms with Gasteiger partial charge in [-0.3, -0.25) is 9.59 Å². The van der Waals surface area contributed by atoms with E-state index in [-0.39, 0.29) is 11.4 Å². The number of amides is 1. The summed E-state index contributed by atoms with van der Waals surface area (Å²) >= 11 is 0. The Hall–Kier alpha value is -1.06. The molecular weight excluding hydrogens is 206 g/mol. The molecule has 1 aliphatic rings. The van der Waals surface area contributed by atoms with Crippen LogP contribution in [0.3, 0.4) is 0 Å². The minimum atomic E-state index is -0.915. The van der Waals surface area contributed by atoms with Crippen molar-refractivity contribution >= 4 is 11.9 Å². The third-order valence-electron chi connectivity index (χ3n) is 3.93. The summed E-state index contributed by atoms with van der Waals surface area (Å²) in [6, 6.07) is 0. The van der Waals surface area contributed by atoms with Crippen LogP contribution in [0.4, 0.5) is 0 Å². The van der Waals surface area contributed by atoms with Crippen LogP contribution in [0.1, 0.15) is 46.5 Å². The Labute approximate surface area is 96.4 Å². The van der Waals surface area contributed by atoms with E-state index in [1.54, 1.807) is 13.8 Å². The molecule has 0 aromatic carbocycles. The standard InChI is InChI=1S/C12H21NO3/c1-4-12(6-5-7-12)13-10(14)8(2)9(3)11(15)16/h8-9H,4-7H2,1-3H3,(H,13,14)(H,15,16). The van der Waals surface area contributed by atoms with Crippen molar-refractivity contribution in [1.82, 2.24) is 5.32 Å². The quantitative estimate of drug-likeness (QED) is 0.752. The molecule has 0 radical (unpaired) electrons. The van der Waals surface area contributed by atoms with E-state index in [2.05, 4.69) is 12.2 Å². The van der Waals surface area contributed by atoms with Gasteiger partial charge in [0.2, 0.25) is 5.91 Å². The van der Waals surface area contributed by atoms with Gasteiger partial charge in [-0.25, -0.2) is 0 Å². The normalized spacial score (nSPS) is 21.7. The largest absolute Gasteiger partial charge is 0.481 e. The van der Waals surface area contributed by atoms with E-state index >= 15 is 0 Å². The van der Waals surface area contributed by atoms with Gasteiger partial charge in [-0.2, -0.15) is 0 Å². The van der Waals surface area contributed by atoms with Crippen LogP contribution >= 0.6 is 0 Å². The number of carbonyl (C=O) groups is 2. The van der Waals surface area contributed by atoms with Crippen molar-refractivity contribution < 1.29 is 14.7 Å². The van der Waals surface area contributed by atoms with Gasteiger partial charge in [0.05, 0.1) is 5.92 Å². The molecule has 0 aromatic heterocycles. The Morgan fingerprint density at radius 3 is 2.19 bits per heavy atom. The first-order chi connectivity index (χ1) is 7.42. The maximum atomic E-state index is 11.9. The Kier molecular flexibility index (Phi) is 3.94. The predicted octanol–water partition coefficient (Wildman–Crippen LogP) is 1.79. The lowest BCUT2D eigenvalue weighted by Crippen LogP contribution is -2.55. The Morgan fingerprint density at radius 1 is 1.31 bits per heavy atom. The first-order valence-electron chi connectivity index (χ1n) is 5.97. The zero-order valence-corrected chi connectivity index (χ0v) is 10.2. The minimum absolute atomic E-state index is 0.0520. The number of nitrogens with one attached hydrogen (secondary N) is 1. The summed E-state index contributed by atoms with van der Waals surface area (Å²) < 4.78 is 0. The highest BCUT2D eigenvalue weighted by Gasteiger charge is 2.38. The maximum absolute atomic E-state index is 11.9. The van der Waals surface area contributed by atoms with Crippen LogP contribution in [-0.4, -0.2) is 22.5 Å². The van der Waals surface area contributed by atoms with E-state index in [1.807, 2.05) is 0 Å². The number of carboxylic acids is 1. The molecule has 0 spiro atoms. The van der Waals surface area contributed by atoms with Gasteiger partial charge in [0.15, 0.2) is 0 Å². The zero-order chi connectivity index (χ0) is 12.3. The average molecular weight is 227 g/mol. The SMILES string of the molecule is CCC1(NC(=O)C(C)C(C)C(=O)O)CCC1. The van der Waals surface area contributed by atoms with Crippen molar-refractivity contribution in [3.63, 3.8) is 0 Å². The van der Waals surface area contributed by atoms with Crippen molar-refractivity contribution in [2.75, 3.05) is 0 Å². The van der Waals surface area contributed by atoms with Crippen molar-refractivity contribution in [2.45, 2.75) is 52.0 Å². The number of aliphatic carboxylic acids is 1. The third kappa shape index (κ3) is 2.54. The van der Waals surface area contributed by atoms with Gasteiger partial charge in [-0.15, -0.1) is 0 Å². The van der Waals surface area contributed by atoms with E-state index in [0.717, 1.165) is 25.7 Å². The van der Waals surface area contributed by atoms with E-state index in [1.165, 1.54) is 0 Å². The molecule has 2 unspecified atom stereocenters. The highest BCUT2D eigenvalue weighted by atomic mass is 16.4. The summed E-state index contributed by atoms with van der Waals surface area (Å²) in [5, 5.41) is 11.9. The molecule has 16 heavy (non-hydrogen) atoms. The van der Waals surface area contributed by atoms with Crippen molar-refractivity contribution in [1.29, 1.82) is 0 Å². The second-order valence-corrected chi connectivity index (χ2v) is 4.89. The maximum Gasteiger partial charge on any atom is 0.307 e. The Bertz CT molecular complexity index is 278. The van der Waals surface area contributed by atoms with E-state index in [9.17, 15) is 9.59 Å². The molecule has 2 atom stereocenters. The van der Waals surface area contributed by atoms with E-state index in [4.69, 9.17) is 5.11 Å². The van der Waals surface area contributed by atoms with Gasteiger partial charge >= 0.3 is 5.97 Å². The van der Waals surface area contributed by atoms with Crippen LogP contribution in [0, 0.1) is 11.8 Å². The molecule has 2 N–H and O–H groups in total.